The number of nitrogens with one attached hydrogen (secondary N) is 2. The molecule has 0 atom stereocenters. The summed E-state index contributed by atoms with van der Waals surface area (Å²) in [6, 6.07) is -0.142. The van der Waals surface area contributed by atoms with Crippen LogP contribution >= 0.6 is 0 Å². The molecule has 0 fully saturated rings. The van der Waals surface area contributed by atoms with Crippen LogP contribution in [0.1, 0.15) is 20.8 Å². The second kappa shape index (κ2) is 14.7. The number of anilines is 2. The first-order valence-corrected chi connectivity index (χ1v) is 7.52. The molecule has 0 aliphatic carbocycles. The van der Waals surface area contributed by atoms with Crippen molar-refractivity contribution in [2.45, 2.75) is 27.6 Å². The number of hydrogen-bond donors (Lipinski definition) is 2. The summed E-state index contributed by atoms with van der Waals surface area (Å²) in [6.07, 6.45) is 0.596. The highest BCUT2D eigenvalue weighted by atomic mass is 16.6. The SMILES string of the molecule is C=CCOc1nc(NC)c([N+](=O)[O-])c(NC(=O)OCC)n1.CC.[B]C. The Morgan fingerprint density at radius 2 is 1.92 bits per heavy atom. The molecule has 0 aliphatic heterocycles. The zero-order chi connectivity index (χ0) is 19.8. The summed E-state index contributed by atoms with van der Waals surface area (Å²) in [5.74, 6) is -0.419. The normalized spacial score (nSPS) is 8.52. The quantitative estimate of drug-likeness (QED) is 0.331. The number of carbonyl (C=O) groups is 1. The summed E-state index contributed by atoms with van der Waals surface area (Å²) in [5, 5.41) is 15.8. The van der Waals surface area contributed by atoms with Gasteiger partial charge in [0.15, 0.2) is 0 Å². The number of aromatic nitrogens is 2. The van der Waals surface area contributed by atoms with Crippen LogP contribution in [0.5, 0.6) is 6.01 Å². The smallest absolute Gasteiger partial charge is 0.412 e. The van der Waals surface area contributed by atoms with Crippen LogP contribution in [-0.4, -0.2) is 49.1 Å². The Kier molecular flexibility index (Phi) is 14.4. The van der Waals surface area contributed by atoms with Gasteiger partial charge in [0.05, 0.1) is 19.4 Å². The van der Waals surface area contributed by atoms with Crippen molar-refractivity contribution in [3.05, 3.63) is 22.8 Å². The maximum Gasteiger partial charge on any atom is 0.412 e. The minimum absolute atomic E-state index is 0.0964. The number of carbonyl (C=O) groups excluding carboxylic acids is 1. The van der Waals surface area contributed by atoms with E-state index in [0.29, 0.717) is 0 Å². The number of nitrogens with zero attached hydrogens (tertiary/aromatic N) is 3. The Labute approximate surface area is 148 Å². The largest absolute Gasteiger partial charge is 0.459 e. The first-order valence-electron chi connectivity index (χ1n) is 7.52. The number of nitro groups is 1. The number of hydrogen-bond acceptors (Lipinski definition) is 8. The fraction of sp³-hybridized carbons (Fsp3) is 0.500. The Morgan fingerprint density at radius 1 is 1.36 bits per heavy atom. The summed E-state index contributed by atoms with van der Waals surface area (Å²) >= 11 is 0. The van der Waals surface area contributed by atoms with Crippen molar-refractivity contribution in [1.29, 1.82) is 0 Å². The van der Waals surface area contributed by atoms with Crippen molar-refractivity contribution in [2.24, 2.45) is 0 Å². The highest BCUT2D eigenvalue weighted by Gasteiger charge is 2.26. The molecule has 2 radical (unpaired) electrons. The van der Waals surface area contributed by atoms with Gasteiger partial charge in [0.25, 0.3) is 0 Å². The lowest BCUT2D eigenvalue weighted by Gasteiger charge is -2.10. The monoisotopic (exact) mass is 353 g/mol. The maximum atomic E-state index is 11.4. The van der Waals surface area contributed by atoms with Crippen molar-refractivity contribution in [1.82, 2.24) is 9.97 Å². The van der Waals surface area contributed by atoms with E-state index in [2.05, 4.69) is 39.8 Å². The number of ether oxygens (including phenoxy) is 2. The van der Waals surface area contributed by atoms with Gasteiger partial charge in [-0.15, -0.1) is 0 Å². The lowest BCUT2D eigenvalue weighted by Crippen LogP contribution is -2.17. The molecule has 1 amide bonds. The molecular formula is C14H24BN5O5. The minimum Gasteiger partial charge on any atom is -0.459 e. The molecule has 1 aromatic rings. The van der Waals surface area contributed by atoms with E-state index in [4.69, 9.17) is 4.74 Å². The van der Waals surface area contributed by atoms with Gasteiger partial charge < -0.3 is 14.8 Å². The average Bonchev–Trinajstić information content (AvgIpc) is 2.62. The molecule has 2 N–H and O–H groups in total. The van der Waals surface area contributed by atoms with Gasteiger partial charge in [-0.05, 0) is 6.92 Å². The first kappa shape index (κ1) is 24.4. The molecule has 0 aliphatic rings. The highest BCUT2D eigenvalue weighted by Crippen LogP contribution is 2.31. The van der Waals surface area contributed by atoms with Crippen LogP contribution < -0.4 is 15.4 Å². The fourth-order valence-corrected chi connectivity index (χ4v) is 1.33. The van der Waals surface area contributed by atoms with Crippen LogP contribution in [0.2, 0.25) is 6.82 Å². The van der Waals surface area contributed by atoms with Crippen LogP contribution in [0.25, 0.3) is 0 Å². The summed E-state index contributed by atoms with van der Waals surface area (Å²) in [5.41, 5.74) is -0.489. The van der Waals surface area contributed by atoms with E-state index in [9.17, 15) is 14.9 Å². The third-order valence-corrected chi connectivity index (χ3v) is 2.11. The minimum atomic E-state index is -0.865. The van der Waals surface area contributed by atoms with Gasteiger partial charge in [0.2, 0.25) is 11.6 Å². The van der Waals surface area contributed by atoms with Crippen LogP contribution in [0.3, 0.4) is 0 Å². The van der Waals surface area contributed by atoms with E-state index in [-0.39, 0.29) is 30.9 Å². The molecule has 0 spiro atoms. The number of amides is 1. The van der Waals surface area contributed by atoms with E-state index in [1.54, 1.807) is 6.92 Å². The summed E-state index contributed by atoms with van der Waals surface area (Å²) in [4.78, 5) is 29.4. The zero-order valence-corrected chi connectivity index (χ0v) is 15.2. The topological polar surface area (TPSA) is 129 Å². The molecule has 0 unspecified atom stereocenters. The van der Waals surface area contributed by atoms with Crippen molar-refractivity contribution < 1.29 is 19.2 Å². The standard InChI is InChI=1S/C11H15N5O5.C2H6.CH3B/c1-4-6-21-10-13-8(12-3)7(16(18)19)9(14-10)15-11(17)20-5-2;2*1-2/h4H,1,5-6H2,2-3H3,(H2,12,13,14,15,17);1-2H3;1H3. The predicted octanol–water partition coefficient (Wildman–Crippen LogP) is 2.79. The zero-order valence-electron chi connectivity index (χ0n) is 15.2. The molecule has 1 heterocycles. The molecule has 138 valence electrons. The van der Waals surface area contributed by atoms with Crippen LogP contribution in [-0.2, 0) is 4.74 Å². The van der Waals surface area contributed by atoms with Crippen molar-refractivity contribution >= 4 is 31.3 Å². The Bertz CT molecular complexity index is 557. The average molecular weight is 353 g/mol. The van der Waals surface area contributed by atoms with Crippen molar-refractivity contribution in [3.63, 3.8) is 0 Å². The van der Waals surface area contributed by atoms with Gasteiger partial charge in [-0.25, -0.2) is 4.79 Å². The molecule has 1 aromatic heterocycles. The second-order valence-electron chi connectivity index (χ2n) is 3.50. The summed E-state index contributed by atoms with van der Waals surface area (Å²) < 4.78 is 9.78. The van der Waals surface area contributed by atoms with E-state index in [1.807, 2.05) is 13.8 Å². The third kappa shape index (κ3) is 8.54. The number of rotatable bonds is 7. The van der Waals surface area contributed by atoms with Crippen molar-refractivity contribution in [2.75, 3.05) is 30.9 Å². The molecule has 0 saturated carbocycles. The molecule has 0 aromatic carbocycles. The van der Waals surface area contributed by atoms with Gasteiger partial charge in [0, 0.05) is 7.05 Å². The van der Waals surface area contributed by atoms with Crippen LogP contribution in [0.4, 0.5) is 22.1 Å². The molecule has 0 saturated heterocycles. The van der Waals surface area contributed by atoms with Gasteiger partial charge in [0.1, 0.15) is 6.61 Å². The molecular weight excluding hydrogens is 329 g/mol. The second-order valence-corrected chi connectivity index (χ2v) is 3.50. The summed E-state index contributed by atoms with van der Waals surface area (Å²) in [6.45, 7) is 10.8. The van der Waals surface area contributed by atoms with E-state index in [0.717, 1.165) is 0 Å². The summed E-state index contributed by atoms with van der Waals surface area (Å²) in [7, 11) is 5.95. The van der Waals surface area contributed by atoms with E-state index < -0.39 is 16.7 Å². The first-order chi connectivity index (χ1) is 12.0. The van der Waals surface area contributed by atoms with Crippen LogP contribution in [0.15, 0.2) is 12.7 Å². The molecule has 25 heavy (non-hydrogen) atoms. The van der Waals surface area contributed by atoms with Gasteiger partial charge in [-0.2, -0.15) is 9.97 Å². The predicted molar refractivity (Wildman–Crippen MR) is 97.5 cm³/mol. The Balaban J connectivity index is 0. The lowest BCUT2D eigenvalue weighted by molar-refractivity contribution is -0.383. The van der Waals surface area contributed by atoms with E-state index in [1.165, 1.54) is 19.9 Å². The Hall–Kier alpha value is -2.85. The Morgan fingerprint density at radius 3 is 2.36 bits per heavy atom. The molecule has 0 bridgehead atoms. The van der Waals surface area contributed by atoms with Gasteiger partial charge >= 0.3 is 17.8 Å². The van der Waals surface area contributed by atoms with E-state index >= 15 is 0 Å². The van der Waals surface area contributed by atoms with Gasteiger partial charge in [-0.1, -0.05) is 33.3 Å². The maximum absolute atomic E-state index is 11.4. The molecule has 1 rings (SSSR count). The highest BCUT2D eigenvalue weighted by molar-refractivity contribution is 6.05. The lowest BCUT2D eigenvalue weighted by atomic mass is 10.2. The fourth-order valence-electron chi connectivity index (χ4n) is 1.33. The van der Waals surface area contributed by atoms with Crippen LogP contribution in [0, 0.1) is 10.1 Å². The molecule has 11 heteroatoms. The van der Waals surface area contributed by atoms with Gasteiger partial charge in [-0.3, -0.25) is 15.4 Å². The van der Waals surface area contributed by atoms with Crippen molar-refractivity contribution in [3.8, 4) is 6.01 Å². The third-order valence-electron chi connectivity index (χ3n) is 2.11. The molecule has 10 nitrogen and oxygen atoms in total.